The van der Waals surface area contributed by atoms with Crippen molar-refractivity contribution in [1.29, 1.82) is 0 Å². The highest BCUT2D eigenvalue weighted by Crippen LogP contribution is 2.31. The van der Waals surface area contributed by atoms with Gasteiger partial charge in [-0.15, -0.1) is 0 Å². The first-order valence-corrected chi connectivity index (χ1v) is 6.85. The number of benzene rings is 1. The van der Waals surface area contributed by atoms with E-state index in [0.717, 1.165) is 24.3 Å². The van der Waals surface area contributed by atoms with Crippen LogP contribution in [0, 0.1) is 0 Å². The Morgan fingerprint density at radius 1 is 1.08 bits per heavy atom. The normalized spacial score (nSPS) is 14.7. The highest BCUT2D eigenvalue weighted by Gasteiger charge is 2.38. The van der Waals surface area contributed by atoms with Gasteiger partial charge in [-0.2, -0.15) is 19.1 Å². The molecule has 1 aromatic rings. The molecule has 0 fully saturated rings. The molecule has 0 saturated carbocycles. The van der Waals surface area contributed by atoms with Crippen LogP contribution in [-0.2, 0) is 25.3 Å². The van der Waals surface area contributed by atoms with E-state index in [2.05, 4.69) is 10.7 Å². The Bertz CT molecular complexity index is 593. The predicted octanol–water partition coefficient (Wildman–Crippen LogP) is 1.91. The Kier molecular flexibility index (Phi) is 5.96. The zero-order chi connectivity index (χ0) is 18.7. The van der Waals surface area contributed by atoms with E-state index >= 15 is 0 Å². The lowest BCUT2D eigenvalue weighted by atomic mass is 9.92. The van der Waals surface area contributed by atoms with Gasteiger partial charge in [-0.3, -0.25) is 4.79 Å². The average molecular weight is 349 g/mol. The van der Waals surface area contributed by atoms with Crippen molar-refractivity contribution in [1.82, 2.24) is 0 Å². The second-order valence-corrected chi connectivity index (χ2v) is 6.01. The fourth-order valence-electron chi connectivity index (χ4n) is 1.90. The molecule has 0 unspecified atom stereocenters. The van der Waals surface area contributed by atoms with Crippen LogP contribution in [0.4, 0.5) is 13.2 Å². The summed E-state index contributed by atoms with van der Waals surface area (Å²) in [4.78, 5) is 27.6. The Hall–Kier alpha value is -2.13. The largest absolute Gasteiger partial charge is 0.459 e. The number of ether oxygens (including phenoxy) is 1. The number of aliphatic hydroxyl groups is 1. The van der Waals surface area contributed by atoms with Gasteiger partial charge in [-0.05, 0) is 38.5 Å². The molecule has 9 heteroatoms. The van der Waals surface area contributed by atoms with Crippen molar-refractivity contribution in [3.05, 3.63) is 35.4 Å². The maximum absolute atomic E-state index is 12.6. The number of halogens is 3. The van der Waals surface area contributed by atoms with Gasteiger partial charge >= 0.3 is 18.1 Å². The van der Waals surface area contributed by atoms with Crippen LogP contribution in [0.15, 0.2) is 24.3 Å². The monoisotopic (exact) mass is 349 g/mol. The van der Waals surface area contributed by atoms with Crippen molar-refractivity contribution < 1.29 is 37.4 Å². The van der Waals surface area contributed by atoms with Gasteiger partial charge in [0.25, 0.3) is 0 Å². The summed E-state index contributed by atoms with van der Waals surface area (Å²) >= 11 is 0. The lowest BCUT2D eigenvalue weighted by Crippen LogP contribution is -2.39. The summed E-state index contributed by atoms with van der Waals surface area (Å²) in [5.74, 6) is 0.792. The molecule has 0 aromatic heterocycles. The third kappa shape index (κ3) is 5.20. The van der Waals surface area contributed by atoms with Gasteiger partial charge in [0, 0.05) is 0 Å². The van der Waals surface area contributed by atoms with Crippen LogP contribution in [0.5, 0.6) is 0 Å². The Balaban J connectivity index is 3.22. The third-order valence-electron chi connectivity index (χ3n) is 2.93. The predicted molar refractivity (Wildman–Crippen MR) is 76.3 cm³/mol. The van der Waals surface area contributed by atoms with Crippen LogP contribution in [0.2, 0.25) is 0 Å². The van der Waals surface area contributed by atoms with E-state index in [4.69, 9.17) is 4.74 Å². The van der Waals surface area contributed by atoms with E-state index < -0.39 is 41.3 Å². The van der Waals surface area contributed by atoms with Gasteiger partial charge in [0.15, 0.2) is 6.10 Å². The van der Waals surface area contributed by atoms with E-state index in [-0.39, 0.29) is 5.56 Å². The number of hydrogen-bond donors (Lipinski definition) is 2. The maximum atomic E-state index is 12.6. The van der Waals surface area contributed by atoms with Crippen molar-refractivity contribution in [2.75, 3.05) is 0 Å². The average Bonchev–Trinajstić information content (AvgIpc) is 2.44. The number of alkyl halides is 3. The van der Waals surface area contributed by atoms with E-state index in [1.807, 2.05) is 0 Å². The molecule has 2 atom stereocenters. The van der Waals surface area contributed by atoms with Gasteiger partial charge in [-0.1, -0.05) is 12.1 Å². The number of esters is 1. The van der Waals surface area contributed by atoms with Crippen molar-refractivity contribution in [2.24, 2.45) is 5.90 Å². The highest BCUT2D eigenvalue weighted by molar-refractivity contribution is 5.87. The minimum atomic E-state index is -4.56. The number of aliphatic hydroxyl groups excluding tert-OH is 1. The minimum Gasteiger partial charge on any atom is -0.459 e. The summed E-state index contributed by atoms with van der Waals surface area (Å²) in [7, 11) is 0. The Morgan fingerprint density at radius 3 is 1.96 bits per heavy atom. The number of carbonyl (C=O) groups excluding carboxylic acids is 2. The lowest BCUT2D eigenvalue weighted by molar-refractivity contribution is -0.168. The minimum absolute atomic E-state index is 0.0462. The standard InChI is InChI=1S/C15H18F3NO5/c1-14(2,3)23-12(21)10(11(20)13(22)24-19)8-4-6-9(7-5-8)15(16,17)18/h4-7,10-11,20H,19H2,1-3H3/t10-,11+/m0/s1. The smallest absolute Gasteiger partial charge is 0.416 e. The number of nitrogens with two attached hydrogens (primary N) is 1. The molecule has 134 valence electrons. The molecule has 3 N–H and O–H groups in total. The van der Waals surface area contributed by atoms with Gasteiger partial charge in [-0.25, -0.2) is 4.79 Å². The fourth-order valence-corrected chi connectivity index (χ4v) is 1.90. The van der Waals surface area contributed by atoms with Crippen LogP contribution >= 0.6 is 0 Å². The molecule has 0 radical (unpaired) electrons. The fraction of sp³-hybridized carbons (Fsp3) is 0.467. The topological polar surface area (TPSA) is 98.8 Å². The molecule has 6 nitrogen and oxygen atoms in total. The summed E-state index contributed by atoms with van der Waals surface area (Å²) in [5, 5.41) is 9.95. The first-order chi connectivity index (χ1) is 10.9. The summed E-state index contributed by atoms with van der Waals surface area (Å²) in [6, 6.07) is 3.41. The second-order valence-electron chi connectivity index (χ2n) is 6.01. The van der Waals surface area contributed by atoms with E-state index in [1.54, 1.807) is 20.8 Å². The maximum Gasteiger partial charge on any atom is 0.416 e. The van der Waals surface area contributed by atoms with Crippen LogP contribution in [0.25, 0.3) is 0 Å². The van der Waals surface area contributed by atoms with Crippen LogP contribution in [-0.4, -0.2) is 28.8 Å². The van der Waals surface area contributed by atoms with Crippen molar-refractivity contribution in [3.63, 3.8) is 0 Å². The second kappa shape index (κ2) is 7.18. The Morgan fingerprint density at radius 2 is 1.58 bits per heavy atom. The molecule has 1 rings (SSSR count). The molecule has 0 aliphatic rings. The summed E-state index contributed by atoms with van der Waals surface area (Å²) in [5.41, 5.74) is -1.92. The van der Waals surface area contributed by atoms with E-state index in [9.17, 15) is 27.9 Å². The van der Waals surface area contributed by atoms with Crippen molar-refractivity contribution >= 4 is 11.9 Å². The summed E-state index contributed by atoms with van der Waals surface area (Å²) in [6.07, 6.45) is -6.59. The molecule has 1 aromatic carbocycles. The Labute approximate surface area is 136 Å². The molecule has 0 aliphatic carbocycles. The molecule has 0 spiro atoms. The quantitative estimate of drug-likeness (QED) is 0.636. The van der Waals surface area contributed by atoms with Crippen LogP contribution in [0.1, 0.15) is 37.8 Å². The molecule has 0 bridgehead atoms. The molecular formula is C15H18F3NO5. The summed E-state index contributed by atoms with van der Waals surface area (Å²) < 4.78 is 42.9. The van der Waals surface area contributed by atoms with E-state index in [1.165, 1.54) is 0 Å². The molecule has 0 heterocycles. The zero-order valence-corrected chi connectivity index (χ0v) is 13.3. The van der Waals surface area contributed by atoms with Crippen LogP contribution in [0.3, 0.4) is 0 Å². The highest BCUT2D eigenvalue weighted by atomic mass is 19.4. The third-order valence-corrected chi connectivity index (χ3v) is 2.93. The van der Waals surface area contributed by atoms with E-state index in [0.29, 0.717) is 0 Å². The molecule has 0 amide bonds. The van der Waals surface area contributed by atoms with Crippen LogP contribution < -0.4 is 5.90 Å². The molecule has 0 aliphatic heterocycles. The zero-order valence-electron chi connectivity index (χ0n) is 13.3. The van der Waals surface area contributed by atoms with Gasteiger partial charge in [0.05, 0.1) is 5.56 Å². The number of hydrogen-bond acceptors (Lipinski definition) is 6. The SMILES string of the molecule is CC(C)(C)OC(=O)[C@@H](c1ccc(C(F)(F)F)cc1)[C@@H](O)C(=O)ON. The molecular weight excluding hydrogens is 331 g/mol. The van der Waals surface area contributed by atoms with Crippen molar-refractivity contribution in [2.45, 2.75) is 44.6 Å². The number of rotatable bonds is 4. The van der Waals surface area contributed by atoms with Gasteiger partial charge in [0.1, 0.15) is 11.5 Å². The lowest BCUT2D eigenvalue weighted by Gasteiger charge is -2.26. The van der Waals surface area contributed by atoms with Crippen molar-refractivity contribution in [3.8, 4) is 0 Å². The molecule has 24 heavy (non-hydrogen) atoms. The summed E-state index contributed by atoms with van der Waals surface area (Å²) in [6.45, 7) is 4.67. The first-order valence-electron chi connectivity index (χ1n) is 6.85. The van der Waals surface area contributed by atoms with Gasteiger partial charge in [0.2, 0.25) is 0 Å². The number of carbonyl (C=O) groups is 2. The molecule has 0 saturated heterocycles. The first kappa shape index (κ1) is 19.9. The van der Waals surface area contributed by atoms with Gasteiger partial charge < -0.3 is 14.7 Å².